The van der Waals surface area contributed by atoms with Crippen molar-refractivity contribution in [1.82, 2.24) is 9.97 Å². The summed E-state index contributed by atoms with van der Waals surface area (Å²) >= 11 is 1.15. The van der Waals surface area contributed by atoms with Crippen LogP contribution in [0.2, 0.25) is 0 Å². The first-order valence-electron chi connectivity index (χ1n) is 6.14. The van der Waals surface area contributed by atoms with Gasteiger partial charge in [0.25, 0.3) is 5.56 Å². The van der Waals surface area contributed by atoms with E-state index in [4.69, 9.17) is 0 Å². The summed E-state index contributed by atoms with van der Waals surface area (Å²) in [6.45, 7) is 0. The molecule has 2 aromatic heterocycles. The summed E-state index contributed by atoms with van der Waals surface area (Å²) in [4.78, 5) is 20.3. The van der Waals surface area contributed by atoms with Crippen molar-refractivity contribution in [3.05, 3.63) is 58.5 Å². The topological polar surface area (TPSA) is 54.9 Å². The molecule has 0 aliphatic heterocycles. The lowest BCUT2D eigenvalue weighted by Crippen LogP contribution is -2.08. The fourth-order valence-corrected chi connectivity index (χ4v) is 2.68. The second-order valence-corrected chi connectivity index (χ2v) is 5.36. The lowest BCUT2D eigenvalue weighted by atomic mass is 10.2. The Morgan fingerprint density at radius 3 is 2.50 bits per heavy atom. The van der Waals surface area contributed by atoms with E-state index in [1.54, 1.807) is 18.3 Å². The molecule has 1 aromatic carbocycles. The first-order valence-corrected chi connectivity index (χ1v) is 6.95. The third-order valence-electron chi connectivity index (χ3n) is 2.86. The van der Waals surface area contributed by atoms with E-state index >= 15 is 0 Å². The van der Waals surface area contributed by atoms with E-state index in [0.717, 1.165) is 23.5 Å². The molecule has 0 saturated carbocycles. The molecule has 3 rings (SSSR count). The zero-order chi connectivity index (χ0) is 15.7. The average Bonchev–Trinajstić information content (AvgIpc) is 2.47. The van der Waals surface area contributed by atoms with Gasteiger partial charge < -0.3 is 5.32 Å². The van der Waals surface area contributed by atoms with Crippen LogP contribution in [0, 0.1) is 0 Å². The number of alkyl halides is 3. The van der Waals surface area contributed by atoms with E-state index in [2.05, 4.69) is 15.3 Å². The highest BCUT2D eigenvalue weighted by atomic mass is 32.1. The van der Waals surface area contributed by atoms with Crippen molar-refractivity contribution in [3.63, 3.8) is 0 Å². The number of fused-ring (bicyclic) bond motifs is 1. The third-order valence-corrected chi connectivity index (χ3v) is 3.77. The van der Waals surface area contributed by atoms with Gasteiger partial charge in [0, 0.05) is 11.9 Å². The van der Waals surface area contributed by atoms with E-state index < -0.39 is 17.3 Å². The van der Waals surface area contributed by atoms with E-state index in [1.165, 1.54) is 12.1 Å². The SMILES string of the molecule is O=c1nc(Nc2ccc(C(F)(F)F)cc2)sc2ncccc12. The van der Waals surface area contributed by atoms with Gasteiger partial charge in [-0.05, 0) is 36.4 Å². The van der Waals surface area contributed by atoms with Gasteiger partial charge in [0.05, 0.1) is 10.9 Å². The molecule has 112 valence electrons. The van der Waals surface area contributed by atoms with E-state index in [9.17, 15) is 18.0 Å². The third kappa shape index (κ3) is 2.91. The van der Waals surface area contributed by atoms with Crippen LogP contribution in [0.1, 0.15) is 5.56 Å². The number of rotatable bonds is 2. The molecule has 3 aromatic rings. The van der Waals surface area contributed by atoms with Crippen molar-refractivity contribution in [2.45, 2.75) is 6.18 Å². The summed E-state index contributed by atoms with van der Waals surface area (Å²) in [6.07, 6.45) is -2.82. The summed E-state index contributed by atoms with van der Waals surface area (Å²) in [5, 5.41) is 3.50. The number of hydrogen-bond donors (Lipinski definition) is 1. The van der Waals surface area contributed by atoms with Crippen LogP contribution >= 0.6 is 11.3 Å². The standard InChI is InChI=1S/C14H8F3N3OS/c15-14(16,17)8-3-5-9(6-4-8)19-13-20-11(21)10-2-1-7-18-12(10)22-13/h1-7H,(H,19,20,21). The number of pyridine rings is 1. The maximum absolute atomic E-state index is 12.5. The number of nitrogens with one attached hydrogen (secondary N) is 1. The first kappa shape index (κ1) is 14.5. The molecular weight excluding hydrogens is 315 g/mol. The van der Waals surface area contributed by atoms with E-state index in [-0.39, 0.29) is 5.13 Å². The molecule has 8 heteroatoms. The van der Waals surface area contributed by atoms with Crippen molar-refractivity contribution in [1.29, 1.82) is 0 Å². The Labute approximate surface area is 126 Å². The quantitative estimate of drug-likeness (QED) is 0.779. The molecular formula is C14H8F3N3OS. The highest BCUT2D eigenvalue weighted by Crippen LogP contribution is 2.30. The Morgan fingerprint density at radius 2 is 1.82 bits per heavy atom. The summed E-state index contributed by atoms with van der Waals surface area (Å²) in [7, 11) is 0. The summed E-state index contributed by atoms with van der Waals surface area (Å²) in [6, 6.07) is 7.75. The number of nitrogens with zero attached hydrogens (tertiary/aromatic N) is 2. The summed E-state index contributed by atoms with van der Waals surface area (Å²) < 4.78 is 37.5. The predicted octanol–water partition coefficient (Wildman–Crippen LogP) is 3.81. The first-order chi connectivity index (χ1) is 10.4. The Kier molecular flexibility index (Phi) is 3.53. The molecule has 0 atom stereocenters. The summed E-state index contributed by atoms with van der Waals surface area (Å²) in [5.74, 6) is 0. The minimum Gasteiger partial charge on any atom is -0.331 e. The minimum atomic E-state index is -4.38. The van der Waals surface area contributed by atoms with Gasteiger partial charge in [-0.1, -0.05) is 11.3 Å². The minimum absolute atomic E-state index is 0.274. The van der Waals surface area contributed by atoms with Gasteiger partial charge in [-0.15, -0.1) is 0 Å². The van der Waals surface area contributed by atoms with Crippen LogP contribution in [0.25, 0.3) is 10.2 Å². The monoisotopic (exact) mass is 323 g/mol. The van der Waals surface area contributed by atoms with Crippen molar-refractivity contribution < 1.29 is 13.2 Å². The Bertz CT molecular complexity index is 875. The highest BCUT2D eigenvalue weighted by molar-refractivity contribution is 7.21. The fraction of sp³-hybridized carbons (Fsp3) is 0.0714. The van der Waals surface area contributed by atoms with Gasteiger partial charge in [0.2, 0.25) is 0 Å². The number of hydrogen-bond acceptors (Lipinski definition) is 5. The van der Waals surface area contributed by atoms with Gasteiger partial charge in [-0.25, -0.2) is 4.98 Å². The predicted molar refractivity (Wildman–Crippen MR) is 78.4 cm³/mol. The van der Waals surface area contributed by atoms with Crippen LogP contribution in [0.15, 0.2) is 47.4 Å². The Hall–Kier alpha value is -2.48. The maximum atomic E-state index is 12.5. The normalized spacial score (nSPS) is 11.6. The van der Waals surface area contributed by atoms with E-state index in [1.807, 2.05) is 0 Å². The molecule has 0 saturated heterocycles. The molecule has 0 spiro atoms. The maximum Gasteiger partial charge on any atom is 0.416 e. The van der Waals surface area contributed by atoms with Gasteiger partial charge in [0.15, 0.2) is 5.13 Å². The smallest absolute Gasteiger partial charge is 0.331 e. The summed E-state index contributed by atoms with van der Waals surface area (Å²) in [5.41, 5.74) is -0.762. The van der Waals surface area contributed by atoms with Gasteiger partial charge in [-0.3, -0.25) is 4.79 Å². The molecule has 0 fully saturated rings. The molecule has 1 N–H and O–H groups in total. The zero-order valence-corrected chi connectivity index (χ0v) is 11.7. The number of halogens is 3. The molecule has 4 nitrogen and oxygen atoms in total. The Balaban J connectivity index is 1.92. The van der Waals surface area contributed by atoms with Crippen molar-refractivity contribution >= 4 is 32.4 Å². The van der Waals surface area contributed by atoms with Crippen LogP contribution in [-0.2, 0) is 6.18 Å². The second-order valence-electron chi connectivity index (χ2n) is 4.38. The number of anilines is 2. The molecule has 0 bridgehead atoms. The largest absolute Gasteiger partial charge is 0.416 e. The van der Waals surface area contributed by atoms with Crippen molar-refractivity contribution in [2.75, 3.05) is 5.32 Å². The Morgan fingerprint density at radius 1 is 1.09 bits per heavy atom. The van der Waals surface area contributed by atoms with Crippen molar-refractivity contribution in [3.8, 4) is 0 Å². The molecule has 0 radical (unpaired) electrons. The van der Waals surface area contributed by atoms with Gasteiger partial charge >= 0.3 is 6.18 Å². The van der Waals surface area contributed by atoms with Crippen LogP contribution in [0.4, 0.5) is 24.0 Å². The van der Waals surface area contributed by atoms with Gasteiger partial charge in [0.1, 0.15) is 4.83 Å². The van der Waals surface area contributed by atoms with Crippen molar-refractivity contribution in [2.24, 2.45) is 0 Å². The van der Waals surface area contributed by atoms with E-state index in [0.29, 0.717) is 15.9 Å². The zero-order valence-electron chi connectivity index (χ0n) is 10.9. The highest BCUT2D eigenvalue weighted by Gasteiger charge is 2.29. The molecule has 0 aliphatic carbocycles. The molecule has 22 heavy (non-hydrogen) atoms. The molecule has 0 unspecified atom stereocenters. The number of aromatic nitrogens is 2. The second kappa shape index (κ2) is 5.38. The fourth-order valence-electron chi connectivity index (χ4n) is 1.82. The number of benzene rings is 1. The van der Waals surface area contributed by atoms with Crippen LogP contribution in [0.3, 0.4) is 0 Å². The van der Waals surface area contributed by atoms with Crippen LogP contribution in [0.5, 0.6) is 0 Å². The van der Waals surface area contributed by atoms with Crippen LogP contribution < -0.4 is 10.9 Å². The van der Waals surface area contributed by atoms with Gasteiger partial charge in [-0.2, -0.15) is 18.2 Å². The molecule has 0 amide bonds. The lowest BCUT2D eigenvalue weighted by Gasteiger charge is -2.08. The average molecular weight is 323 g/mol. The lowest BCUT2D eigenvalue weighted by molar-refractivity contribution is -0.137. The van der Waals surface area contributed by atoms with Crippen LogP contribution in [-0.4, -0.2) is 9.97 Å². The molecule has 2 heterocycles. The molecule has 0 aliphatic rings.